The quantitative estimate of drug-likeness (QED) is 0.686. The van der Waals surface area contributed by atoms with Crippen LogP contribution in [0.4, 0.5) is 0 Å². The van der Waals surface area contributed by atoms with Crippen molar-refractivity contribution in [3.8, 4) is 0 Å². The first-order chi connectivity index (χ1) is 9.00. The van der Waals surface area contributed by atoms with E-state index >= 15 is 0 Å². The number of allylic oxidation sites excluding steroid dienone is 3. The molecule has 3 nitrogen and oxygen atoms in total. The molecule has 0 aromatic heterocycles. The van der Waals surface area contributed by atoms with Gasteiger partial charge in [-0.3, -0.25) is 9.59 Å². The molecule has 0 heterocycles. The van der Waals surface area contributed by atoms with Crippen LogP contribution in [-0.4, -0.2) is 21.5 Å². The molecule has 0 spiro atoms. The van der Waals surface area contributed by atoms with E-state index in [-0.39, 0.29) is 23.7 Å². The van der Waals surface area contributed by atoms with Crippen LogP contribution in [-0.2, 0) is 4.79 Å². The van der Waals surface area contributed by atoms with Gasteiger partial charge in [0, 0.05) is 23.6 Å². The van der Waals surface area contributed by atoms with E-state index in [9.17, 15) is 14.7 Å². The number of aliphatic hydroxyl groups is 1. The first kappa shape index (κ1) is 13.7. The van der Waals surface area contributed by atoms with Gasteiger partial charge in [0.2, 0.25) is 0 Å². The van der Waals surface area contributed by atoms with Gasteiger partial charge in [-0.25, -0.2) is 0 Å². The highest BCUT2D eigenvalue weighted by atomic mass is 79.9. The van der Waals surface area contributed by atoms with Crippen LogP contribution < -0.4 is 0 Å². The number of rotatable bonds is 3. The maximum Gasteiger partial charge on any atom is 0.177 e. The van der Waals surface area contributed by atoms with Crippen molar-refractivity contribution >= 4 is 27.5 Å². The summed E-state index contributed by atoms with van der Waals surface area (Å²) in [5.74, 6) is -0.391. The molecule has 2 rings (SSSR count). The monoisotopic (exact) mass is 320 g/mol. The summed E-state index contributed by atoms with van der Waals surface area (Å²) in [5, 5.41) is 9.83. The molecule has 1 N–H and O–H groups in total. The molecule has 98 valence electrons. The summed E-state index contributed by atoms with van der Waals surface area (Å²) in [5.41, 5.74) is 1.81. The van der Waals surface area contributed by atoms with Crippen LogP contribution in [0.3, 0.4) is 0 Å². The minimum absolute atomic E-state index is 0.0797. The van der Waals surface area contributed by atoms with E-state index in [1.54, 1.807) is 31.2 Å². The predicted octanol–water partition coefficient (Wildman–Crippen LogP) is 3.36. The van der Waals surface area contributed by atoms with Gasteiger partial charge in [0.1, 0.15) is 5.76 Å². The van der Waals surface area contributed by atoms with Crippen molar-refractivity contribution < 1.29 is 14.7 Å². The molecule has 1 unspecified atom stereocenters. The average molecular weight is 321 g/mol. The van der Waals surface area contributed by atoms with E-state index in [0.717, 1.165) is 0 Å². The topological polar surface area (TPSA) is 54.4 Å². The average Bonchev–Trinajstić information content (AvgIpc) is 2.42. The first-order valence-electron chi connectivity index (χ1n) is 5.87. The molecule has 1 aromatic rings. The minimum atomic E-state index is -0.457. The number of Topliss-reactive ketones (excluding diaryl/α,β-unsaturated/α-hetero) is 1. The zero-order valence-electron chi connectivity index (χ0n) is 10.4. The molecule has 0 bridgehead atoms. The lowest BCUT2D eigenvalue weighted by molar-refractivity contribution is -0.113. The van der Waals surface area contributed by atoms with Crippen molar-refractivity contribution in [2.45, 2.75) is 18.2 Å². The third-order valence-corrected chi connectivity index (χ3v) is 4.27. The molecule has 0 aliphatic heterocycles. The minimum Gasteiger partial charge on any atom is -0.508 e. The largest absolute Gasteiger partial charge is 0.508 e. The highest BCUT2D eigenvalue weighted by Gasteiger charge is 2.27. The second-order valence-corrected chi connectivity index (χ2v) is 5.34. The van der Waals surface area contributed by atoms with Gasteiger partial charge in [0.25, 0.3) is 0 Å². The van der Waals surface area contributed by atoms with Gasteiger partial charge in [-0.1, -0.05) is 46.3 Å². The van der Waals surface area contributed by atoms with Crippen LogP contribution in [0.1, 0.15) is 23.7 Å². The lowest BCUT2D eigenvalue weighted by Gasteiger charge is -2.19. The predicted molar refractivity (Wildman–Crippen MR) is 76.5 cm³/mol. The van der Waals surface area contributed by atoms with Gasteiger partial charge < -0.3 is 5.11 Å². The molecule has 0 fully saturated rings. The molecule has 0 radical (unpaired) electrons. The first-order valence-corrected chi connectivity index (χ1v) is 6.79. The van der Waals surface area contributed by atoms with E-state index in [2.05, 4.69) is 15.9 Å². The Balaban J connectivity index is 2.26. The normalized spacial score (nSPS) is 19.4. The van der Waals surface area contributed by atoms with Crippen LogP contribution in [0.25, 0.3) is 0 Å². The molecule has 4 heteroatoms. The van der Waals surface area contributed by atoms with Crippen molar-refractivity contribution in [2.75, 3.05) is 0 Å². The number of hydrogen-bond donors (Lipinski definition) is 1. The standard InChI is InChI=1S/C15H13BrO3/c1-9-11(13(18)8-14(19)15(9)16)7-12(17)10-5-3-2-4-6-10/h2-6,8,15,18H,7H2,1H3. The van der Waals surface area contributed by atoms with Gasteiger partial charge >= 0.3 is 0 Å². The number of ketones is 2. The fraction of sp³-hybridized carbons (Fsp3) is 0.200. The molecule has 1 aliphatic carbocycles. The van der Waals surface area contributed by atoms with Gasteiger partial charge in [-0.15, -0.1) is 0 Å². The van der Waals surface area contributed by atoms with E-state index in [4.69, 9.17) is 0 Å². The number of benzene rings is 1. The van der Waals surface area contributed by atoms with Crippen LogP contribution in [0.15, 0.2) is 53.3 Å². The van der Waals surface area contributed by atoms with Crippen LogP contribution in [0.5, 0.6) is 0 Å². The van der Waals surface area contributed by atoms with Crippen molar-refractivity contribution in [1.29, 1.82) is 0 Å². The Bertz CT molecular complexity index is 585. The molecule has 0 amide bonds. The third kappa shape index (κ3) is 2.84. The summed E-state index contributed by atoms with van der Waals surface area (Å²) in [6.45, 7) is 1.74. The zero-order valence-corrected chi connectivity index (χ0v) is 12.0. The SMILES string of the molecule is CC1=C(CC(=O)c2ccccc2)C(O)=CC(=O)C1Br. The van der Waals surface area contributed by atoms with Gasteiger partial charge in [-0.05, 0) is 12.5 Å². The lowest BCUT2D eigenvalue weighted by atomic mass is 9.91. The van der Waals surface area contributed by atoms with Crippen molar-refractivity contribution in [3.63, 3.8) is 0 Å². The fourth-order valence-corrected chi connectivity index (χ4v) is 2.39. The molecule has 1 aliphatic rings. The lowest BCUT2D eigenvalue weighted by Crippen LogP contribution is -2.21. The number of carbonyl (C=O) groups is 2. The van der Waals surface area contributed by atoms with Gasteiger partial charge in [-0.2, -0.15) is 0 Å². The zero-order chi connectivity index (χ0) is 14.0. The Kier molecular flexibility index (Phi) is 4.00. The van der Waals surface area contributed by atoms with Gasteiger partial charge in [0.15, 0.2) is 11.6 Å². The van der Waals surface area contributed by atoms with E-state index in [1.165, 1.54) is 6.08 Å². The molecular weight excluding hydrogens is 308 g/mol. The molecule has 0 saturated heterocycles. The number of hydrogen-bond acceptors (Lipinski definition) is 3. The second-order valence-electron chi connectivity index (χ2n) is 4.42. The number of carbonyl (C=O) groups excluding carboxylic acids is 2. The summed E-state index contributed by atoms with van der Waals surface area (Å²) in [6.07, 6.45) is 1.26. The highest BCUT2D eigenvalue weighted by Crippen LogP contribution is 2.29. The Morgan fingerprint density at radius 3 is 2.58 bits per heavy atom. The maximum atomic E-state index is 12.1. The summed E-state index contributed by atoms with van der Waals surface area (Å²) in [7, 11) is 0. The van der Waals surface area contributed by atoms with Gasteiger partial charge in [0.05, 0.1) is 4.83 Å². The van der Waals surface area contributed by atoms with Crippen molar-refractivity contribution in [2.24, 2.45) is 0 Å². The van der Waals surface area contributed by atoms with Crippen LogP contribution >= 0.6 is 15.9 Å². The fourth-order valence-electron chi connectivity index (χ4n) is 1.98. The van der Waals surface area contributed by atoms with E-state index < -0.39 is 4.83 Å². The number of halogens is 1. The summed E-state index contributed by atoms with van der Waals surface area (Å²) < 4.78 is 0. The highest BCUT2D eigenvalue weighted by molar-refractivity contribution is 9.10. The second kappa shape index (κ2) is 5.53. The van der Waals surface area contributed by atoms with E-state index in [0.29, 0.717) is 16.7 Å². The Labute approximate surface area is 119 Å². The van der Waals surface area contributed by atoms with Crippen molar-refractivity contribution in [3.05, 3.63) is 58.9 Å². The summed E-state index contributed by atoms with van der Waals surface area (Å²) in [6, 6.07) is 8.90. The Hall–Kier alpha value is -1.68. The third-order valence-electron chi connectivity index (χ3n) is 3.13. The number of alkyl halides is 1. The van der Waals surface area contributed by atoms with Crippen LogP contribution in [0, 0.1) is 0 Å². The summed E-state index contributed by atoms with van der Waals surface area (Å²) >= 11 is 3.26. The van der Waals surface area contributed by atoms with Crippen LogP contribution in [0.2, 0.25) is 0 Å². The number of aliphatic hydroxyl groups excluding tert-OH is 1. The smallest absolute Gasteiger partial charge is 0.177 e. The summed E-state index contributed by atoms with van der Waals surface area (Å²) in [4.78, 5) is 23.2. The Morgan fingerprint density at radius 2 is 1.95 bits per heavy atom. The molecule has 1 atom stereocenters. The Morgan fingerprint density at radius 1 is 1.32 bits per heavy atom. The molecule has 0 saturated carbocycles. The van der Waals surface area contributed by atoms with E-state index in [1.807, 2.05) is 6.07 Å². The molecule has 1 aromatic carbocycles. The molecular formula is C15H13BrO3. The molecule has 19 heavy (non-hydrogen) atoms. The van der Waals surface area contributed by atoms with Crippen molar-refractivity contribution in [1.82, 2.24) is 0 Å². The maximum absolute atomic E-state index is 12.1.